The van der Waals surface area contributed by atoms with Crippen molar-refractivity contribution in [3.8, 4) is 0 Å². The molecule has 0 bridgehead atoms. The molecular weight excluding hydrogens is 405 g/mol. The van der Waals surface area contributed by atoms with Crippen molar-refractivity contribution in [2.24, 2.45) is 0 Å². The molecule has 186 valence electrons. The SMILES string of the molecule is CCCCCCCCCCCN(CCCCCCCCCCC)C(CCC)CC(=O)[O-].[Na+]. The zero-order valence-corrected chi connectivity index (χ0v) is 24.6. The summed E-state index contributed by atoms with van der Waals surface area (Å²) in [7, 11) is 0. The van der Waals surface area contributed by atoms with E-state index in [2.05, 4.69) is 25.7 Å². The first-order chi connectivity index (χ1) is 15.2. The van der Waals surface area contributed by atoms with Crippen LogP contribution >= 0.6 is 0 Å². The number of hydrogen-bond acceptors (Lipinski definition) is 3. The summed E-state index contributed by atoms with van der Waals surface area (Å²) in [6, 6.07) is 0.165. The van der Waals surface area contributed by atoms with Crippen LogP contribution in [0, 0.1) is 0 Å². The van der Waals surface area contributed by atoms with Gasteiger partial charge in [0.05, 0.1) is 0 Å². The molecule has 32 heavy (non-hydrogen) atoms. The number of carbonyl (C=O) groups is 1. The number of carboxylic acids is 1. The minimum absolute atomic E-state index is 0. The van der Waals surface area contributed by atoms with Gasteiger partial charge in [-0.1, -0.05) is 130 Å². The van der Waals surface area contributed by atoms with E-state index in [4.69, 9.17) is 0 Å². The van der Waals surface area contributed by atoms with Crippen LogP contribution < -0.4 is 34.7 Å². The smallest absolute Gasteiger partial charge is 0.550 e. The van der Waals surface area contributed by atoms with Gasteiger partial charge in [0, 0.05) is 18.4 Å². The standard InChI is InChI=1S/C28H57NO2.Na/c1-4-7-9-11-13-15-17-19-21-24-29(27(23-6-3)26-28(30)31)25-22-20-18-16-14-12-10-8-5-2;/h27H,4-26H2,1-3H3,(H,30,31);/q;+1/p-1. The Morgan fingerprint density at radius 1 is 0.594 bits per heavy atom. The second-order valence-corrected chi connectivity index (χ2v) is 9.71. The van der Waals surface area contributed by atoms with Crippen molar-refractivity contribution < 1.29 is 39.5 Å². The van der Waals surface area contributed by atoms with E-state index in [1.54, 1.807) is 0 Å². The Kier molecular flexibility index (Phi) is 29.9. The van der Waals surface area contributed by atoms with Crippen LogP contribution in [0.2, 0.25) is 0 Å². The van der Waals surface area contributed by atoms with Gasteiger partial charge in [-0.05, 0) is 32.4 Å². The van der Waals surface area contributed by atoms with E-state index < -0.39 is 5.97 Å². The average Bonchev–Trinajstić information content (AvgIpc) is 2.74. The predicted molar refractivity (Wildman–Crippen MR) is 134 cm³/mol. The first-order valence-electron chi connectivity index (χ1n) is 14.1. The van der Waals surface area contributed by atoms with Crippen LogP contribution in [0.5, 0.6) is 0 Å². The summed E-state index contributed by atoms with van der Waals surface area (Å²) in [5.74, 6) is -0.886. The number of nitrogens with zero attached hydrogens (tertiary/aromatic N) is 1. The maximum atomic E-state index is 11.3. The summed E-state index contributed by atoms with van der Waals surface area (Å²) in [6.07, 6.45) is 26.3. The van der Waals surface area contributed by atoms with Crippen molar-refractivity contribution in [1.82, 2.24) is 4.90 Å². The van der Waals surface area contributed by atoms with E-state index in [9.17, 15) is 9.90 Å². The number of unbranched alkanes of at least 4 members (excludes halogenated alkanes) is 16. The minimum Gasteiger partial charge on any atom is -0.550 e. The molecule has 0 saturated heterocycles. The second kappa shape index (κ2) is 27.7. The zero-order valence-electron chi connectivity index (χ0n) is 22.6. The fourth-order valence-corrected chi connectivity index (χ4v) is 4.67. The summed E-state index contributed by atoms with van der Waals surface area (Å²) in [4.78, 5) is 13.8. The van der Waals surface area contributed by atoms with Gasteiger partial charge in [-0.3, -0.25) is 0 Å². The molecule has 1 unspecified atom stereocenters. The predicted octanol–water partition coefficient (Wildman–Crippen LogP) is 4.66. The topological polar surface area (TPSA) is 43.4 Å². The van der Waals surface area contributed by atoms with Gasteiger partial charge in [0.25, 0.3) is 0 Å². The Bertz CT molecular complexity index is 356. The number of aliphatic carboxylic acids is 1. The van der Waals surface area contributed by atoms with Gasteiger partial charge < -0.3 is 14.8 Å². The van der Waals surface area contributed by atoms with Crippen molar-refractivity contribution in [1.29, 1.82) is 0 Å². The molecule has 3 nitrogen and oxygen atoms in total. The molecule has 0 saturated carbocycles. The van der Waals surface area contributed by atoms with Crippen LogP contribution in [0.1, 0.15) is 156 Å². The average molecular weight is 462 g/mol. The van der Waals surface area contributed by atoms with Gasteiger partial charge >= 0.3 is 29.6 Å². The van der Waals surface area contributed by atoms with Crippen LogP contribution in [0.4, 0.5) is 0 Å². The molecule has 0 aromatic heterocycles. The van der Waals surface area contributed by atoms with Crippen molar-refractivity contribution in [3.63, 3.8) is 0 Å². The maximum absolute atomic E-state index is 11.3. The normalized spacial score (nSPS) is 12.1. The van der Waals surface area contributed by atoms with Crippen molar-refractivity contribution >= 4 is 5.97 Å². The van der Waals surface area contributed by atoms with E-state index in [1.165, 1.54) is 116 Å². The molecule has 0 rings (SSSR count). The van der Waals surface area contributed by atoms with Crippen LogP contribution in [0.25, 0.3) is 0 Å². The number of carboxylic acid groups (broad SMARTS) is 1. The number of rotatable bonds is 25. The molecule has 0 aromatic carbocycles. The van der Waals surface area contributed by atoms with Crippen LogP contribution in [-0.4, -0.2) is 30.0 Å². The monoisotopic (exact) mass is 461 g/mol. The molecule has 4 heteroatoms. The first kappa shape index (κ1) is 34.6. The van der Waals surface area contributed by atoms with E-state index in [0.717, 1.165) is 25.9 Å². The summed E-state index contributed by atoms with van der Waals surface area (Å²) in [5, 5.41) is 11.3. The van der Waals surface area contributed by atoms with Gasteiger partial charge in [-0.2, -0.15) is 0 Å². The van der Waals surface area contributed by atoms with Gasteiger partial charge in [-0.15, -0.1) is 0 Å². The van der Waals surface area contributed by atoms with Gasteiger partial charge in [-0.25, -0.2) is 0 Å². The molecular formula is C28H56NNaO2. The quantitative estimate of drug-likeness (QED) is 0.147. The Morgan fingerprint density at radius 2 is 0.938 bits per heavy atom. The summed E-state index contributed by atoms with van der Waals surface area (Å²) < 4.78 is 0. The Morgan fingerprint density at radius 3 is 1.25 bits per heavy atom. The minimum atomic E-state index is -0.886. The van der Waals surface area contributed by atoms with Crippen molar-refractivity contribution in [2.75, 3.05) is 13.1 Å². The third kappa shape index (κ3) is 23.6. The van der Waals surface area contributed by atoms with Gasteiger partial charge in [0.1, 0.15) is 0 Å². The molecule has 0 aromatic rings. The van der Waals surface area contributed by atoms with Gasteiger partial charge in [0.2, 0.25) is 0 Å². The van der Waals surface area contributed by atoms with Crippen molar-refractivity contribution in [2.45, 2.75) is 162 Å². The Hall–Kier alpha value is 0.430. The summed E-state index contributed by atoms with van der Waals surface area (Å²) in [5.41, 5.74) is 0. The molecule has 0 N–H and O–H groups in total. The second-order valence-electron chi connectivity index (χ2n) is 9.71. The molecule has 0 fully saturated rings. The van der Waals surface area contributed by atoms with Crippen LogP contribution in [-0.2, 0) is 4.79 Å². The van der Waals surface area contributed by atoms with Crippen LogP contribution in [0.3, 0.4) is 0 Å². The molecule has 0 radical (unpaired) electrons. The van der Waals surface area contributed by atoms with E-state index in [0.29, 0.717) is 0 Å². The first-order valence-corrected chi connectivity index (χ1v) is 14.1. The summed E-state index contributed by atoms with van der Waals surface area (Å²) in [6.45, 7) is 8.83. The molecule has 0 aliphatic rings. The molecule has 0 amide bonds. The number of carbonyl (C=O) groups excluding carboxylic acids is 1. The fourth-order valence-electron chi connectivity index (χ4n) is 4.67. The third-order valence-corrected chi connectivity index (χ3v) is 6.64. The van der Waals surface area contributed by atoms with Crippen LogP contribution in [0.15, 0.2) is 0 Å². The Labute approximate surface area is 224 Å². The largest absolute Gasteiger partial charge is 1.00 e. The summed E-state index contributed by atoms with van der Waals surface area (Å²) >= 11 is 0. The molecule has 0 heterocycles. The Balaban J connectivity index is 0. The zero-order chi connectivity index (χ0) is 23.0. The van der Waals surface area contributed by atoms with E-state index in [-0.39, 0.29) is 42.0 Å². The fraction of sp³-hybridized carbons (Fsp3) is 0.964. The third-order valence-electron chi connectivity index (χ3n) is 6.64. The van der Waals surface area contributed by atoms with E-state index in [1.807, 2.05) is 0 Å². The maximum Gasteiger partial charge on any atom is 1.00 e. The van der Waals surface area contributed by atoms with Gasteiger partial charge in [0.15, 0.2) is 0 Å². The van der Waals surface area contributed by atoms with E-state index >= 15 is 0 Å². The van der Waals surface area contributed by atoms with Crippen molar-refractivity contribution in [3.05, 3.63) is 0 Å². The number of hydrogen-bond donors (Lipinski definition) is 0. The molecule has 0 spiro atoms. The molecule has 0 aliphatic heterocycles. The molecule has 1 atom stereocenters. The molecule has 0 aliphatic carbocycles.